The van der Waals surface area contributed by atoms with E-state index in [0.717, 1.165) is 18.7 Å². The maximum absolute atomic E-state index is 7.34. The Morgan fingerprint density at radius 1 is 1.43 bits per heavy atom. The average Bonchev–Trinajstić information content (AvgIpc) is 2.69. The zero-order valence-electron chi connectivity index (χ0n) is 14.0. The SMILES string of the molecule is [2H]C([2H])([2H])N(CCN1CCc2ccccc21)C([2H])([2H])[2H]. The van der Waals surface area contributed by atoms with E-state index in [9.17, 15) is 0 Å². The molecule has 0 saturated heterocycles. The summed E-state index contributed by atoms with van der Waals surface area (Å²) >= 11 is 0. The Morgan fingerprint density at radius 2 is 2.29 bits per heavy atom. The van der Waals surface area contributed by atoms with E-state index in [0.29, 0.717) is 11.4 Å². The minimum absolute atomic E-state index is 0.0126. The molecule has 0 saturated carbocycles. The van der Waals surface area contributed by atoms with Gasteiger partial charge in [-0.25, -0.2) is 0 Å². The highest BCUT2D eigenvalue weighted by Gasteiger charge is 2.17. The molecule has 2 rings (SSSR count). The molecular formula is C12H18N2. The molecule has 0 amide bonds. The molecule has 14 heavy (non-hydrogen) atoms. The summed E-state index contributed by atoms with van der Waals surface area (Å²) in [5.74, 6) is 0. The second-order valence-electron chi connectivity index (χ2n) is 3.52. The molecule has 0 atom stereocenters. The highest BCUT2D eigenvalue weighted by atomic mass is 15.2. The minimum atomic E-state index is -2.61. The van der Waals surface area contributed by atoms with Gasteiger partial charge in [0.15, 0.2) is 0 Å². The minimum Gasteiger partial charge on any atom is -0.370 e. The van der Waals surface area contributed by atoms with Crippen molar-refractivity contribution >= 4 is 5.69 Å². The fraction of sp³-hybridized carbons (Fsp3) is 0.500. The molecule has 1 aromatic rings. The van der Waals surface area contributed by atoms with E-state index in [1.165, 1.54) is 5.56 Å². The maximum Gasteiger partial charge on any atom is 0.0399 e. The number of hydrogen-bond acceptors (Lipinski definition) is 2. The van der Waals surface area contributed by atoms with E-state index in [2.05, 4.69) is 0 Å². The van der Waals surface area contributed by atoms with Crippen molar-refractivity contribution in [3.63, 3.8) is 0 Å². The Hall–Kier alpha value is -1.02. The summed E-state index contributed by atoms with van der Waals surface area (Å²) in [6, 6.07) is 7.93. The van der Waals surface area contributed by atoms with E-state index < -0.39 is 14.0 Å². The van der Waals surface area contributed by atoms with E-state index >= 15 is 0 Å². The molecule has 0 radical (unpaired) electrons. The van der Waals surface area contributed by atoms with Gasteiger partial charge in [0.2, 0.25) is 0 Å². The lowest BCUT2D eigenvalue weighted by atomic mass is 10.2. The number of nitrogens with zero attached hydrogens (tertiary/aromatic N) is 2. The number of likely N-dealkylation sites (N-methyl/N-ethyl adjacent to an activating group) is 1. The first-order valence-corrected chi connectivity index (χ1v) is 4.80. The van der Waals surface area contributed by atoms with Gasteiger partial charge in [-0.15, -0.1) is 0 Å². The molecule has 1 heterocycles. The smallest absolute Gasteiger partial charge is 0.0399 e. The van der Waals surface area contributed by atoms with Gasteiger partial charge in [-0.2, -0.15) is 0 Å². The van der Waals surface area contributed by atoms with Gasteiger partial charge >= 0.3 is 0 Å². The summed E-state index contributed by atoms with van der Waals surface area (Å²) in [5.41, 5.74) is 2.30. The van der Waals surface area contributed by atoms with Crippen LogP contribution < -0.4 is 4.90 Å². The average molecular weight is 196 g/mol. The van der Waals surface area contributed by atoms with Crippen LogP contribution >= 0.6 is 0 Å². The number of fused-ring (bicyclic) bond motifs is 1. The van der Waals surface area contributed by atoms with Crippen molar-refractivity contribution in [3.8, 4) is 0 Å². The van der Waals surface area contributed by atoms with Crippen LogP contribution in [0.5, 0.6) is 0 Å². The molecule has 0 unspecified atom stereocenters. The fourth-order valence-electron chi connectivity index (χ4n) is 1.86. The van der Waals surface area contributed by atoms with Crippen LogP contribution in [0.4, 0.5) is 5.69 Å². The molecule has 0 bridgehead atoms. The second kappa shape index (κ2) is 4.01. The molecule has 2 heteroatoms. The monoisotopic (exact) mass is 196 g/mol. The molecule has 0 spiro atoms. The first-order chi connectivity index (χ1) is 9.19. The van der Waals surface area contributed by atoms with E-state index in [1.807, 2.05) is 29.2 Å². The number of rotatable bonds is 3. The van der Waals surface area contributed by atoms with E-state index in [-0.39, 0.29) is 6.54 Å². The number of hydrogen-bond donors (Lipinski definition) is 0. The quantitative estimate of drug-likeness (QED) is 0.724. The predicted octanol–water partition coefficient (Wildman–Crippen LogP) is 1.61. The molecule has 0 fully saturated rings. The summed E-state index contributed by atoms with van der Waals surface area (Å²) in [6.45, 7) is -4.03. The van der Waals surface area contributed by atoms with Crippen LogP contribution in [0.1, 0.15) is 13.8 Å². The third kappa shape index (κ3) is 1.90. The van der Waals surface area contributed by atoms with Crippen LogP contribution in [0.15, 0.2) is 24.3 Å². The Labute approximate surface area is 94.6 Å². The maximum atomic E-state index is 7.34. The molecule has 1 aliphatic heterocycles. The topological polar surface area (TPSA) is 6.48 Å². The molecule has 2 nitrogen and oxygen atoms in total. The van der Waals surface area contributed by atoms with Gasteiger partial charge in [0.05, 0.1) is 0 Å². The summed E-state index contributed by atoms with van der Waals surface area (Å²) in [5, 5.41) is 0. The number of para-hydroxylation sites is 1. The van der Waals surface area contributed by atoms with Crippen molar-refractivity contribution in [3.05, 3.63) is 29.8 Å². The Balaban J connectivity index is 2.05. The van der Waals surface area contributed by atoms with Crippen molar-refractivity contribution < 1.29 is 8.22 Å². The lowest BCUT2D eigenvalue weighted by molar-refractivity contribution is 0.414. The van der Waals surface area contributed by atoms with Gasteiger partial charge in [0.25, 0.3) is 0 Å². The zero-order chi connectivity index (χ0) is 15.0. The largest absolute Gasteiger partial charge is 0.370 e. The normalized spacial score (nSPS) is 23.1. The lowest BCUT2D eigenvalue weighted by Crippen LogP contribution is -2.30. The predicted molar refractivity (Wildman–Crippen MR) is 60.9 cm³/mol. The standard InChI is InChI=1S/C12H18N2/c1-13(2)9-10-14-8-7-11-5-3-4-6-12(11)14/h3-6H,7-10H2,1-2H3/i1D3,2D3. The first-order valence-electron chi connectivity index (χ1n) is 7.80. The summed E-state index contributed by atoms with van der Waals surface area (Å²) in [6.07, 6.45) is 0.914. The lowest BCUT2D eigenvalue weighted by Gasteiger charge is -2.21. The molecule has 0 aliphatic carbocycles. The molecule has 76 valence electrons. The zero-order valence-corrected chi connectivity index (χ0v) is 8.03. The molecule has 0 aromatic heterocycles. The highest BCUT2D eigenvalue weighted by molar-refractivity contribution is 5.57. The Kier molecular flexibility index (Phi) is 1.34. The Morgan fingerprint density at radius 3 is 3.14 bits per heavy atom. The van der Waals surface area contributed by atoms with E-state index in [1.54, 1.807) is 0 Å². The molecule has 0 N–H and O–H groups in total. The van der Waals surface area contributed by atoms with Gasteiger partial charge in [0, 0.05) is 33.5 Å². The summed E-state index contributed by atoms with van der Waals surface area (Å²) in [4.78, 5) is 2.65. The van der Waals surface area contributed by atoms with Crippen LogP contribution in [0.25, 0.3) is 0 Å². The molecule has 1 aliphatic rings. The van der Waals surface area contributed by atoms with Gasteiger partial charge in [0.1, 0.15) is 0 Å². The Bertz CT molecular complexity index is 454. The van der Waals surface area contributed by atoms with Crippen molar-refractivity contribution in [2.24, 2.45) is 0 Å². The van der Waals surface area contributed by atoms with E-state index in [4.69, 9.17) is 8.22 Å². The van der Waals surface area contributed by atoms with Crippen molar-refractivity contribution in [1.82, 2.24) is 4.90 Å². The third-order valence-corrected chi connectivity index (χ3v) is 2.58. The number of benzene rings is 1. The van der Waals surface area contributed by atoms with Gasteiger partial charge < -0.3 is 9.80 Å². The van der Waals surface area contributed by atoms with Gasteiger partial charge in [-0.3, -0.25) is 0 Å². The van der Waals surface area contributed by atoms with Crippen LogP contribution in [0.2, 0.25) is 0 Å². The number of anilines is 1. The molecular weight excluding hydrogens is 172 g/mol. The third-order valence-electron chi connectivity index (χ3n) is 2.58. The molecule has 1 aromatic carbocycles. The van der Waals surface area contributed by atoms with Crippen molar-refractivity contribution in [2.75, 3.05) is 38.5 Å². The van der Waals surface area contributed by atoms with Crippen LogP contribution in [0.3, 0.4) is 0 Å². The second-order valence-corrected chi connectivity index (χ2v) is 3.52. The van der Waals surface area contributed by atoms with Crippen LogP contribution in [-0.2, 0) is 6.42 Å². The first kappa shape index (κ1) is 4.67. The summed E-state index contributed by atoms with van der Waals surface area (Å²) in [7, 11) is 0. The highest BCUT2D eigenvalue weighted by Crippen LogP contribution is 2.26. The van der Waals surface area contributed by atoms with Gasteiger partial charge in [-0.05, 0) is 32.0 Å². The van der Waals surface area contributed by atoms with Crippen LogP contribution in [-0.4, -0.2) is 38.5 Å². The van der Waals surface area contributed by atoms with Crippen LogP contribution in [0, 0.1) is 0 Å². The van der Waals surface area contributed by atoms with Gasteiger partial charge in [-0.1, -0.05) is 18.2 Å². The fourth-order valence-corrected chi connectivity index (χ4v) is 1.86. The summed E-state index contributed by atoms with van der Waals surface area (Å²) < 4.78 is 44.1. The van der Waals surface area contributed by atoms with Crippen molar-refractivity contribution in [2.45, 2.75) is 6.42 Å². The van der Waals surface area contributed by atoms with Crippen molar-refractivity contribution in [1.29, 1.82) is 0 Å².